The molecule has 0 bridgehead atoms. The highest BCUT2D eigenvalue weighted by Gasteiger charge is 2.43. The molecule has 2 heterocycles. The van der Waals surface area contributed by atoms with E-state index in [-0.39, 0.29) is 29.6 Å². The highest BCUT2D eigenvalue weighted by atomic mass is 31.0. The molecule has 2 aliphatic rings. The van der Waals surface area contributed by atoms with Gasteiger partial charge < -0.3 is 19.4 Å². The second kappa shape index (κ2) is 11.8. The van der Waals surface area contributed by atoms with Crippen molar-refractivity contribution in [2.45, 2.75) is 56.8 Å². The van der Waals surface area contributed by atoms with E-state index in [9.17, 15) is 4.79 Å². The topological polar surface area (TPSA) is 51.6 Å². The number of carbonyl (C=O) groups excluding carboxylic acids is 1. The summed E-state index contributed by atoms with van der Waals surface area (Å²) >= 11 is 0. The second-order valence-electron chi connectivity index (χ2n) is 10.6. The van der Waals surface area contributed by atoms with Gasteiger partial charge in [0, 0.05) is 19.6 Å². The van der Waals surface area contributed by atoms with Crippen molar-refractivity contribution in [1.29, 1.82) is 0 Å². The lowest BCUT2D eigenvalue weighted by molar-refractivity contribution is -0.140. The first-order valence-corrected chi connectivity index (χ1v) is 13.3. The summed E-state index contributed by atoms with van der Waals surface area (Å²) in [5.41, 5.74) is 0.814. The van der Waals surface area contributed by atoms with E-state index in [1.807, 2.05) is 32.3 Å². The van der Waals surface area contributed by atoms with E-state index in [0.717, 1.165) is 50.6 Å². The number of aliphatic imine (C=N–C) groups is 1. The fraction of sp³-hybridized carbons (Fsp3) is 0.692. The van der Waals surface area contributed by atoms with Crippen LogP contribution in [0.4, 0.5) is 0 Å². The van der Waals surface area contributed by atoms with E-state index < -0.39 is 0 Å². The Morgan fingerprint density at radius 1 is 1.18 bits per heavy atom. The molecule has 4 atom stereocenters. The van der Waals surface area contributed by atoms with E-state index in [2.05, 4.69) is 68.9 Å². The van der Waals surface area contributed by atoms with Crippen LogP contribution in [0.1, 0.15) is 44.8 Å². The summed E-state index contributed by atoms with van der Waals surface area (Å²) in [6, 6.07) is 11.1. The molecule has 1 fully saturated rings. The van der Waals surface area contributed by atoms with Gasteiger partial charge in [0.1, 0.15) is 5.54 Å². The van der Waals surface area contributed by atoms with Crippen LogP contribution in [0.5, 0.6) is 0 Å². The highest BCUT2D eigenvalue weighted by molar-refractivity contribution is 7.16. The van der Waals surface area contributed by atoms with E-state index in [1.165, 1.54) is 0 Å². The third-order valence-corrected chi connectivity index (χ3v) is 7.44. The Morgan fingerprint density at radius 3 is 2.50 bits per heavy atom. The number of carbonyl (C=O) groups is 1. The van der Waals surface area contributed by atoms with Crippen molar-refractivity contribution in [3.8, 4) is 0 Å². The minimum atomic E-state index is -0.331. The molecule has 190 valence electrons. The fourth-order valence-electron chi connectivity index (χ4n) is 4.91. The van der Waals surface area contributed by atoms with Crippen molar-refractivity contribution < 1.29 is 9.53 Å². The van der Waals surface area contributed by atoms with E-state index in [1.54, 1.807) is 0 Å². The maximum absolute atomic E-state index is 13.6. The number of amidine groups is 1. The van der Waals surface area contributed by atoms with Gasteiger partial charge in [0.2, 0.25) is 5.91 Å². The molecule has 7 nitrogen and oxygen atoms in total. The Labute approximate surface area is 208 Å². The Bertz CT molecular complexity index is 830. The Morgan fingerprint density at radius 2 is 1.88 bits per heavy atom. The fourth-order valence-corrected chi connectivity index (χ4v) is 5.31. The quantitative estimate of drug-likeness (QED) is 0.394. The zero-order valence-electron chi connectivity index (χ0n) is 21.9. The molecule has 3 unspecified atom stereocenters. The van der Waals surface area contributed by atoms with Crippen LogP contribution in [0, 0.1) is 0 Å². The maximum atomic E-state index is 13.6. The predicted octanol–water partition coefficient (Wildman–Crippen LogP) is 2.94. The van der Waals surface area contributed by atoms with Gasteiger partial charge in [0.25, 0.3) is 6.02 Å². The molecule has 1 aromatic carbocycles. The molecule has 0 spiro atoms. The molecular weight excluding hydrogens is 445 g/mol. The molecule has 2 aliphatic heterocycles. The molecule has 1 amide bonds. The largest absolute Gasteiger partial charge is 0.454 e. The first-order chi connectivity index (χ1) is 16.1. The Hall–Kier alpha value is -1.69. The molecule has 0 aromatic heterocycles. The first kappa shape index (κ1) is 26.9. The normalized spacial score (nSPS) is 23.3. The second-order valence-corrected chi connectivity index (χ2v) is 11.1. The molecule has 1 aromatic rings. The van der Waals surface area contributed by atoms with Gasteiger partial charge in [-0.3, -0.25) is 9.69 Å². The summed E-state index contributed by atoms with van der Waals surface area (Å²) in [6.45, 7) is 7.49. The van der Waals surface area contributed by atoms with Crippen molar-refractivity contribution in [2.75, 3.05) is 60.5 Å². The molecule has 0 aliphatic carbocycles. The lowest BCUT2D eigenvalue weighted by Crippen LogP contribution is -2.60. The lowest BCUT2D eigenvalue weighted by atomic mass is 9.93. The van der Waals surface area contributed by atoms with Crippen LogP contribution in [-0.2, 0) is 9.53 Å². The summed E-state index contributed by atoms with van der Waals surface area (Å²) in [4.78, 5) is 27.2. The van der Waals surface area contributed by atoms with Gasteiger partial charge in [0.05, 0.1) is 12.1 Å². The van der Waals surface area contributed by atoms with Crippen LogP contribution in [0.25, 0.3) is 0 Å². The van der Waals surface area contributed by atoms with Crippen molar-refractivity contribution in [2.24, 2.45) is 4.99 Å². The summed E-state index contributed by atoms with van der Waals surface area (Å²) in [5, 5.41) is 0. The van der Waals surface area contributed by atoms with Gasteiger partial charge >= 0.3 is 0 Å². The van der Waals surface area contributed by atoms with Crippen LogP contribution < -0.4 is 0 Å². The molecule has 3 rings (SSSR count). The summed E-state index contributed by atoms with van der Waals surface area (Å²) in [7, 11) is 11.1. The smallest absolute Gasteiger partial charge is 0.288 e. The van der Waals surface area contributed by atoms with Gasteiger partial charge in [-0.05, 0) is 73.1 Å². The molecule has 8 heteroatoms. The van der Waals surface area contributed by atoms with Crippen LogP contribution in [0.15, 0.2) is 35.3 Å². The molecule has 34 heavy (non-hydrogen) atoms. The number of hydrogen-bond donors (Lipinski definition) is 0. The number of piperazine rings is 1. The number of amides is 1. The average Bonchev–Trinajstić information content (AvgIpc) is 3.13. The van der Waals surface area contributed by atoms with E-state index in [0.29, 0.717) is 12.6 Å². The van der Waals surface area contributed by atoms with Gasteiger partial charge in [-0.2, -0.15) is 0 Å². The molecule has 0 N–H and O–H groups in total. The summed E-state index contributed by atoms with van der Waals surface area (Å²) in [6.07, 6.45) is 3.80. The van der Waals surface area contributed by atoms with E-state index in [4.69, 9.17) is 9.73 Å². The third kappa shape index (κ3) is 6.50. The third-order valence-electron chi connectivity index (χ3n) is 6.90. The first-order valence-electron chi connectivity index (χ1n) is 12.5. The number of rotatable bonds is 9. The number of likely N-dealkylation sites (N-methyl/N-ethyl adjacent to an activating group) is 1. The molecule has 0 saturated carbocycles. The minimum Gasteiger partial charge on any atom is -0.454 e. The van der Waals surface area contributed by atoms with Gasteiger partial charge in [0.15, 0.2) is 6.10 Å². The zero-order chi connectivity index (χ0) is 24.9. The lowest BCUT2D eigenvalue weighted by Gasteiger charge is -2.43. The number of benzene rings is 1. The van der Waals surface area contributed by atoms with Crippen molar-refractivity contribution in [3.05, 3.63) is 35.9 Å². The predicted molar refractivity (Wildman–Crippen MR) is 143 cm³/mol. The molecule has 1 saturated heterocycles. The summed E-state index contributed by atoms with van der Waals surface area (Å²) < 4.78 is 6.41. The van der Waals surface area contributed by atoms with E-state index >= 15 is 0 Å². The van der Waals surface area contributed by atoms with Gasteiger partial charge in [-0.15, -0.1) is 9.24 Å². The molecule has 0 radical (unpaired) electrons. The number of hydrogen-bond acceptors (Lipinski definition) is 6. The van der Waals surface area contributed by atoms with Crippen molar-refractivity contribution >= 4 is 21.2 Å². The standard InChI is InChI=1S/C26H44N5O2P/c1-26(2)23(20-12-8-7-9-13-20)33-25(27-26)30-16-17-31(21(18-30)19-34)24(32)22(29(5)6)14-10-11-15-28(3)4/h7-9,12-13,21-23H,10-11,14-19,34H2,1-6H3/t21?,22-,23?/m1/s1. The van der Waals surface area contributed by atoms with Gasteiger partial charge in [-0.25, -0.2) is 4.99 Å². The number of nitrogens with zero attached hydrogens (tertiary/aromatic N) is 5. The average molecular weight is 490 g/mol. The van der Waals surface area contributed by atoms with Crippen LogP contribution in [0.2, 0.25) is 0 Å². The van der Waals surface area contributed by atoms with Crippen molar-refractivity contribution in [3.63, 3.8) is 0 Å². The number of ether oxygens (including phenoxy) is 1. The monoisotopic (exact) mass is 489 g/mol. The SMILES string of the molecule is CN(C)CCCC[C@H](C(=O)N1CCN(C2=NC(C)(C)C(c3ccccc3)O2)CC1CP)N(C)C. The van der Waals surface area contributed by atoms with Crippen LogP contribution >= 0.6 is 9.24 Å². The zero-order valence-corrected chi connectivity index (χ0v) is 23.1. The van der Waals surface area contributed by atoms with Gasteiger partial charge in [-0.1, -0.05) is 36.8 Å². The highest BCUT2D eigenvalue weighted by Crippen LogP contribution is 2.38. The Balaban J connectivity index is 1.64. The Kier molecular flexibility index (Phi) is 9.36. The number of unbranched alkanes of at least 4 members (excludes halogenated alkanes) is 1. The minimum absolute atomic E-state index is 0.0748. The van der Waals surface area contributed by atoms with Crippen LogP contribution in [-0.4, -0.2) is 110 Å². The van der Waals surface area contributed by atoms with Crippen LogP contribution in [0.3, 0.4) is 0 Å². The molecular formula is C26H44N5O2P. The maximum Gasteiger partial charge on any atom is 0.288 e. The van der Waals surface area contributed by atoms with Crippen molar-refractivity contribution in [1.82, 2.24) is 19.6 Å². The summed E-state index contributed by atoms with van der Waals surface area (Å²) in [5.74, 6) is 0.249.